The number of hydrogen-bond acceptors (Lipinski definition) is 5. The van der Waals surface area contributed by atoms with Gasteiger partial charge < -0.3 is 10.6 Å². The first-order valence-electron chi connectivity index (χ1n) is 8.25. The van der Waals surface area contributed by atoms with Crippen LogP contribution in [0, 0.1) is 6.92 Å². The number of aromatic nitrogens is 2. The Labute approximate surface area is 162 Å². The number of halogens is 1. The Morgan fingerprint density at radius 2 is 1.92 bits per heavy atom. The molecule has 0 aliphatic carbocycles. The monoisotopic (exact) mass is 392 g/mol. The zero-order valence-electron chi connectivity index (χ0n) is 14.7. The van der Waals surface area contributed by atoms with Gasteiger partial charge in [-0.15, -0.1) is 0 Å². The molecule has 2 aromatic rings. The standard InChI is InChI=1S/C18H21ClN4O2S/c1-3-26-18-22-11-14(19)16(23-18)17(25)20-9-8-15(24)21-10-13-6-4-12(2)5-7-13/h4-7,11H,3,8-10H2,1-2H3,(H,20,25)(H,21,24). The summed E-state index contributed by atoms with van der Waals surface area (Å²) in [5, 5.41) is 6.17. The van der Waals surface area contributed by atoms with E-state index in [1.807, 2.05) is 38.1 Å². The van der Waals surface area contributed by atoms with Crippen molar-refractivity contribution in [3.8, 4) is 0 Å². The highest BCUT2D eigenvalue weighted by Crippen LogP contribution is 2.17. The van der Waals surface area contributed by atoms with Crippen LogP contribution in [0.3, 0.4) is 0 Å². The SMILES string of the molecule is CCSc1ncc(Cl)c(C(=O)NCCC(=O)NCc2ccc(C)cc2)n1. The predicted molar refractivity (Wildman–Crippen MR) is 103 cm³/mol. The molecule has 26 heavy (non-hydrogen) atoms. The van der Waals surface area contributed by atoms with Crippen molar-refractivity contribution in [2.75, 3.05) is 12.3 Å². The van der Waals surface area contributed by atoms with Crippen LogP contribution in [-0.2, 0) is 11.3 Å². The second-order valence-corrected chi connectivity index (χ2v) is 7.19. The highest BCUT2D eigenvalue weighted by atomic mass is 35.5. The Morgan fingerprint density at radius 3 is 2.62 bits per heavy atom. The number of nitrogens with one attached hydrogen (secondary N) is 2. The van der Waals surface area contributed by atoms with E-state index in [9.17, 15) is 9.59 Å². The molecular weight excluding hydrogens is 372 g/mol. The molecule has 6 nitrogen and oxygen atoms in total. The lowest BCUT2D eigenvalue weighted by atomic mass is 10.1. The Bertz CT molecular complexity index is 768. The molecule has 0 fully saturated rings. The van der Waals surface area contributed by atoms with Gasteiger partial charge in [-0.25, -0.2) is 9.97 Å². The van der Waals surface area contributed by atoms with E-state index in [1.165, 1.54) is 23.5 Å². The molecule has 1 aromatic carbocycles. The third-order valence-corrected chi connectivity index (χ3v) is 4.48. The first-order chi connectivity index (χ1) is 12.5. The van der Waals surface area contributed by atoms with Crippen LogP contribution < -0.4 is 10.6 Å². The number of aryl methyl sites for hydroxylation is 1. The van der Waals surface area contributed by atoms with Gasteiger partial charge in [0.1, 0.15) is 0 Å². The van der Waals surface area contributed by atoms with E-state index in [1.54, 1.807) is 0 Å². The molecule has 0 saturated carbocycles. The molecular formula is C18H21ClN4O2S. The van der Waals surface area contributed by atoms with E-state index < -0.39 is 5.91 Å². The van der Waals surface area contributed by atoms with Crippen molar-refractivity contribution in [1.29, 1.82) is 0 Å². The van der Waals surface area contributed by atoms with E-state index in [-0.39, 0.29) is 29.6 Å². The van der Waals surface area contributed by atoms with E-state index in [0.717, 1.165) is 11.3 Å². The third-order valence-electron chi connectivity index (χ3n) is 3.46. The summed E-state index contributed by atoms with van der Waals surface area (Å²) in [7, 11) is 0. The molecule has 0 radical (unpaired) electrons. The molecule has 0 saturated heterocycles. The Morgan fingerprint density at radius 1 is 1.19 bits per heavy atom. The van der Waals surface area contributed by atoms with Gasteiger partial charge in [0, 0.05) is 19.5 Å². The average Bonchev–Trinajstić information content (AvgIpc) is 2.63. The summed E-state index contributed by atoms with van der Waals surface area (Å²) in [6, 6.07) is 7.94. The molecule has 0 aliphatic rings. The zero-order valence-corrected chi connectivity index (χ0v) is 16.3. The van der Waals surface area contributed by atoms with Crippen molar-refractivity contribution in [3.63, 3.8) is 0 Å². The maximum absolute atomic E-state index is 12.2. The second-order valence-electron chi connectivity index (χ2n) is 5.55. The summed E-state index contributed by atoms with van der Waals surface area (Å²) in [4.78, 5) is 32.3. The van der Waals surface area contributed by atoms with Crippen LogP contribution in [0.25, 0.3) is 0 Å². The lowest BCUT2D eigenvalue weighted by Gasteiger charge is -2.08. The summed E-state index contributed by atoms with van der Waals surface area (Å²) >= 11 is 7.41. The molecule has 0 aliphatic heterocycles. The van der Waals surface area contributed by atoms with E-state index in [0.29, 0.717) is 11.7 Å². The smallest absolute Gasteiger partial charge is 0.271 e. The van der Waals surface area contributed by atoms with Crippen LogP contribution in [0.15, 0.2) is 35.6 Å². The normalized spacial score (nSPS) is 10.4. The molecule has 138 valence electrons. The quantitative estimate of drug-likeness (QED) is 0.533. The molecule has 0 bridgehead atoms. The fourth-order valence-corrected chi connectivity index (χ4v) is 2.80. The predicted octanol–water partition coefficient (Wildman–Crippen LogP) is 2.99. The van der Waals surface area contributed by atoms with Gasteiger partial charge in [-0.3, -0.25) is 9.59 Å². The second kappa shape index (κ2) is 10.1. The maximum atomic E-state index is 12.2. The number of rotatable bonds is 8. The van der Waals surface area contributed by atoms with Crippen molar-refractivity contribution >= 4 is 35.2 Å². The first kappa shape index (κ1) is 20.2. The van der Waals surface area contributed by atoms with Crippen LogP contribution in [0.4, 0.5) is 0 Å². The largest absolute Gasteiger partial charge is 0.352 e. The Hall–Kier alpha value is -2.12. The molecule has 2 N–H and O–H groups in total. The highest BCUT2D eigenvalue weighted by molar-refractivity contribution is 7.99. The highest BCUT2D eigenvalue weighted by Gasteiger charge is 2.14. The van der Waals surface area contributed by atoms with Crippen molar-refractivity contribution in [1.82, 2.24) is 20.6 Å². The number of benzene rings is 1. The number of carbonyl (C=O) groups excluding carboxylic acids is 2. The minimum Gasteiger partial charge on any atom is -0.352 e. The lowest BCUT2D eigenvalue weighted by Crippen LogP contribution is -2.31. The molecule has 2 rings (SSSR count). The number of thioether (sulfide) groups is 1. The van der Waals surface area contributed by atoms with Crippen molar-refractivity contribution in [2.45, 2.75) is 32.0 Å². The Balaban J connectivity index is 1.78. The number of nitrogens with zero attached hydrogens (tertiary/aromatic N) is 2. The van der Waals surface area contributed by atoms with Gasteiger partial charge in [0.05, 0.1) is 11.2 Å². The summed E-state index contributed by atoms with van der Waals surface area (Å²) in [5.74, 6) is 0.243. The molecule has 0 spiro atoms. The van der Waals surface area contributed by atoms with Gasteiger partial charge in [-0.1, -0.05) is 60.1 Å². The van der Waals surface area contributed by atoms with Crippen LogP contribution in [-0.4, -0.2) is 34.1 Å². The molecule has 8 heteroatoms. The van der Waals surface area contributed by atoms with Gasteiger partial charge in [0.15, 0.2) is 10.9 Å². The van der Waals surface area contributed by atoms with Gasteiger partial charge >= 0.3 is 0 Å². The molecule has 0 unspecified atom stereocenters. The molecule has 1 aromatic heterocycles. The van der Waals surface area contributed by atoms with Gasteiger partial charge in [0.2, 0.25) is 5.91 Å². The van der Waals surface area contributed by atoms with E-state index in [4.69, 9.17) is 11.6 Å². The molecule has 1 heterocycles. The number of hydrogen-bond donors (Lipinski definition) is 2. The van der Waals surface area contributed by atoms with Crippen LogP contribution in [0.1, 0.15) is 35.0 Å². The summed E-state index contributed by atoms with van der Waals surface area (Å²) in [6.45, 7) is 4.65. The third kappa shape index (κ3) is 6.31. The minimum absolute atomic E-state index is 0.123. The van der Waals surface area contributed by atoms with Crippen LogP contribution >= 0.6 is 23.4 Å². The Kier molecular flexibility index (Phi) is 7.87. The van der Waals surface area contributed by atoms with E-state index in [2.05, 4.69) is 20.6 Å². The summed E-state index contributed by atoms with van der Waals surface area (Å²) < 4.78 is 0. The van der Waals surface area contributed by atoms with Gasteiger partial charge in [-0.2, -0.15) is 0 Å². The van der Waals surface area contributed by atoms with Crippen molar-refractivity contribution in [3.05, 3.63) is 52.3 Å². The topological polar surface area (TPSA) is 84.0 Å². The van der Waals surface area contributed by atoms with E-state index >= 15 is 0 Å². The number of amides is 2. The molecule has 2 amide bonds. The van der Waals surface area contributed by atoms with Crippen LogP contribution in [0.5, 0.6) is 0 Å². The van der Waals surface area contributed by atoms with Gasteiger partial charge in [-0.05, 0) is 18.2 Å². The van der Waals surface area contributed by atoms with Crippen molar-refractivity contribution < 1.29 is 9.59 Å². The maximum Gasteiger partial charge on any atom is 0.271 e. The summed E-state index contributed by atoms with van der Waals surface area (Å²) in [5.41, 5.74) is 2.33. The summed E-state index contributed by atoms with van der Waals surface area (Å²) in [6.07, 6.45) is 1.59. The van der Waals surface area contributed by atoms with Gasteiger partial charge in [0.25, 0.3) is 5.91 Å². The van der Waals surface area contributed by atoms with Crippen molar-refractivity contribution in [2.24, 2.45) is 0 Å². The lowest BCUT2D eigenvalue weighted by molar-refractivity contribution is -0.121. The fraction of sp³-hybridized carbons (Fsp3) is 0.333. The zero-order chi connectivity index (χ0) is 18.9. The first-order valence-corrected chi connectivity index (χ1v) is 9.61. The van der Waals surface area contributed by atoms with Crippen LogP contribution in [0.2, 0.25) is 5.02 Å². The minimum atomic E-state index is -0.415. The molecule has 0 atom stereocenters. The fourth-order valence-electron chi connectivity index (χ4n) is 2.08. The number of carbonyl (C=O) groups is 2. The average molecular weight is 393 g/mol.